The van der Waals surface area contributed by atoms with Gasteiger partial charge in [-0.3, -0.25) is 4.98 Å². The molecule has 0 spiro atoms. The van der Waals surface area contributed by atoms with Crippen LogP contribution < -0.4 is 5.73 Å². The Bertz CT molecular complexity index is 753. The first-order chi connectivity index (χ1) is 10.1. The van der Waals surface area contributed by atoms with Gasteiger partial charge >= 0.3 is 0 Å². The molecule has 0 aliphatic carbocycles. The summed E-state index contributed by atoms with van der Waals surface area (Å²) >= 11 is 0. The van der Waals surface area contributed by atoms with Gasteiger partial charge in [0, 0.05) is 11.6 Å². The third-order valence-electron chi connectivity index (χ3n) is 4.17. The van der Waals surface area contributed by atoms with Gasteiger partial charge in [-0.05, 0) is 42.2 Å². The van der Waals surface area contributed by atoms with E-state index in [1.165, 1.54) is 5.56 Å². The molecule has 0 radical (unpaired) electrons. The first-order valence-electron chi connectivity index (χ1n) is 7.35. The number of benzene rings is 2. The second-order valence-corrected chi connectivity index (χ2v) is 5.63. The molecule has 1 heterocycles. The normalized spacial score (nSPS) is 14.0. The second-order valence-electron chi connectivity index (χ2n) is 5.63. The van der Waals surface area contributed by atoms with Crippen LogP contribution in [0.2, 0.25) is 0 Å². The van der Waals surface area contributed by atoms with E-state index in [2.05, 4.69) is 55.2 Å². The molecular formula is C19H20N2. The van der Waals surface area contributed by atoms with Crippen LogP contribution >= 0.6 is 0 Å². The minimum absolute atomic E-state index is 0.533. The molecule has 3 rings (SSSR count). The minimum Gasteiger partial charge on any atom is -0.318 e. The van der Waals surface area contributed by atoms with Gasteiger partial charge in [-0.25, -0.2) is 0 Å². The van der Waals surface area contributed by atoms with Gasteiger partial charge < -0.3 is 5.73 Å². The van der Waals surface area contributed by atoms with E-state index >= 15 is 0 Å². The largest absolute Gasteiger partial charge is 0.318 e. The van der Waals surface area contributed by atoms with Crippen LogP contribution in [0.4, 0.5) is 0 Å². The van der Waals surface area contributed by atoms with Crippen LogP contribution in [0.15, 0.2) is 60.8 Å². The Morgan fingerprint density at radius 3 is 2.48 bits per heavy atom. The Balaban J connectivity index is 2.14. The van der Waals surface area contributed by atoms with Crippen LogP contribution in [-0.4, -0.2) is 4.98 Å². The maximum absolute atomic E-state index is 6.69. The zero-order valence-electron chi connectivity index (χ0n) is 12.5. The summed E-state index contributed by atoms with van der Waals surface area (Å²) in [6.07, 6.45) is 2.86. The fraction of sp³-hybridized carbons (Fsp3) is 0.211. The van der Waals surface area contributed by atoms with Gasteiger partial charge in [0.1, 0.15) is 0 Å². The molecule has 1 aromatic heterocycles. The number of aromatic nitrogens is 1. The van der Waals surface area contributed by atoms with Crippen molar-refractivity contribution in [1.82, 2.24) is 4.98 Å². The van der Waals surface area contributed by atoms with Crippen LogP contribution in [0, 0.1) is 0 Å². The zero-order valence-corrected chi connectivity index (χ0v) is 12.5. The predicted octanol–water partition coefficient (Wildman–Crippen LogP) is 4.02. The molecule has 0 amide bonds. The average Bonchev–Trinajstić information content (AvgIpc) is 2.54. The Labute approximate surface area is 125 Å². The first kappa shape index (κ1) is 13.8. The highest BCUT2D eigenvalue weighted by Crippen LogP contribution is 2.31. The van der Waals surface area contributed by atoms with E-state index in [9.17, 15) is 0 Å². The zero-order chi connectivity index (χ0) is 14.9. The van der Waals surface area contributed by atoms with E-state index < -0.39 is 5.54 Å². The molecule has 2 aromatic carbocycles. The van der Waals surface area contributed by atoms with Crippen LogP contribution in [0.25, 0.3) is 10.9 Å². The highest BCUT2D eigenvalue weighted by molar-refractivity contribution is 5.83. The van der Waals surface area contributed by atoms with Crippen molar-refractivity contribution in [1.29, 1.82) is 0 Å². The van der Waals surface area contributed by atoms with Gasteiger partial charge in [0.2, 0.25) is 0 Å². The van der Waals surface area contributed by atoms with Gasteiger partial charge in [0.15, 0.2) is 0 Å². The number of nitrogens with two attached hydrogens (primary N) is 1. The van der Waals surface area contributed by atoms with E-state index in [4.69, 9.17) is 5.73 Å². The Kier molecular flexibility index (Phi) is 3.48. The SMILES string of the molecule is CCc1ccc(C(C)(N)c2cccc3ncccc23)cc1. The predicted molar refractivity (Wildman–Crippen MR) is 88.2 cm³/mol. The monoisotopic (exact) mass is 276 g/mol. The molecule has 3 aromatic rings. The van der Waals surface area contributed by atoms with E-state index in [1.807, 2.05) is 24.4 Å². The lowest BCUT2D eigenvalue weighted by atomic mass is 9.83. The van der Waals surface area contributed by atoms with Crippen molar-refractivity contribution in [3.8, 4) is 0 Å². The van der Waals surface area contributed by atoms with Crippen LogP contribution in [0.1, 0.15) is 30.5 Å². The number of rotatable bonds is 3. The molecule has 0 aliphatic rings. The third kappa shape index (κ3) is 2.43. The van der Waals surface area contributed by atoms with E-state index in [0.29, 0.717) is 0 Å². The summed E-state index contributed by atoms with van der Waals surface area (Å²) in [4.78, 5) is 4.42. The number of aryl methyl sites for hydroxylation is 1. The third-order valence-corrected chi connectivity index (χ3v) is 4.17. The number of hydrogen-bond donors (Lipinski definition) is 1. The number of nitrogens with zero attached hydrogens (tertiary/aromatic N) is 1. The summed E-state index contributed by atoms with van der Waals surface area (Å²) in [5.74, 6) is 0. The van der Waals surface area contributed by atoms with Crippen molar-refractivity contribution in [3.63, 3.8) is 0 Å². The van der Waals surface area contributed by atoms with Crippen LogP contribution in [-0.2, 0) is 12.0 Å². The maximum Gasteiger partial charge on any atom is 0.0705 e. The smallest absolute Gasteiger partial charge is 0.0705 e. The lowest BCUT2D eigenvalue weighted by molar-refractivity contribution is 0.608. The first-order valence-corrected chi connectivity index (χ1v) is 7.35. The molecule has 0 aliphatic heterocycles. The van der Waals surface area contributed by atoms with Gasteiger partial charge in [-0.2, -0.15) is 0 Å². The highest BCUT2D eigenvalue weighted by Gasteiger charge is 2.25. The minimum atomic E-state index is -0.533. The molecule has 0 saturated heterocycles. The molecule has 2 N–H and O–H groups in total. The average molecular weight is 276 g/mol. The highest BCUT2D eigenvalue weighted by atomic mass is 14.7. The van der Waals surface area contributed by atoms with Gasteiger partial charge in [-0.15, -0.1) is 0 Å². The topological polar surface area (TPSA) is 38.9 Å². The molecule has 0 bridgehead atoms. The summed E-state index contributed by atoms with van der Waals surface area (Å²) in [6, 6.07) is 18.8. The van der Waals surface area contributed by atoms with Crippen molar-refractivity contribution in [2.75, 3.05) is 0 Å². The molecule has 2 nitrogen and oxygen atoms in total. The number of fused-ring (bicyclic) bond motifs is 1. The molecule has 1 unspecified atom stereocenters. The Morgan fingerprint density at radius 1 is 1.00 bits per heavy atom. The number of hydrogen-bond acceptors (Lipinski definition) is 2. The molecule has 2 heteroatoms. The van der Waals surface area contributed by atoms with Gasteiger partial charge in [0.25, 0.3) is 0 Å². The van der Waals surface area contributed by atoms with Crippen molar-refractivity contribution in [2.45, 2.75) is 25.8 Å². The molecule has 21 heavy (non-hydrogen) atoms. The lowest BCUT2D eigenvalue weighted by Crippen LogP contribution is -2.34. The molecule has 0 saturated carbocycles. The molecular weight excluding hydrogens is 256 g/mol. The van der Waals surface area contributed by atoms with Gasteiger partial charge in [0.05, 0.1) is 11.1 Å². The van der Waals surface area contributed by atoms with Crippen molar-refractivity contribution >= 4 is 10.9 Å². The molecule has 106 valence electrons. The standard InChI is InChI=1S/C19H20N2/c1-3-14-9-11-15(12-10-14)19(2,20)17-7-4-8-18-16(17)6-5-13-21-18/h4-13H,3,20H2,1-2H3. The fourth-order valence-electron chi connectivity index (χ4n) is 2.80. The number of pyridine rings is 1. The lowest BCUT2D eigenvalue weighted by Gasteiger charge is -2.27. The molecule has 0 fully saturated rings. The maximum atomic E-state index is 6.69. The van der Waals surface area contributed by atoms with E-state index in [-0.39, 0.29) is 0 Å². The summed E-state index contributed by atoms with van der Waals surface area (Å²) < 4.78 is 0. The van der Waals surface area contributed by atoms with Crippen LogP contribution in [0.5, 0.6) is 0 Å². The summed E-state index contributed by atoms with van der Waals surface area (Å²) in [6.45, 7) is 4.22. The van der Waals surface area contributed by atoms with Crippen molar-refractivity contribution in [2.24, 2.45) is 5.73 Å². The van der Waals surface area contributed by atoms with E-state index in [1.54, 1.807) is 0 Å². The summed E-state index contributed by atoms with van der Waals surface area (Å²) in [5.41, 5.74) is 10.7. The van der Waals surface area contributed by atoms with Gasteiger partial charge in [-0.1, -0.05) is 49.4 Å². The summed E-state index contributed by atoms with van der Waals surface area (Å²) in [5, 5.41) is 1.12. The summed E-state index contributed by atoms with van der Waals surface area (Å²) in [7, 11) is 0. The quantitative estimate of drug-likeness (QED) is 0.784. The van der Waals surface area contributed by atoms with Crippen LogP contribution in [0.3, 0.4) is 0 Å². The molecule has 1 atom stereocenters. The Morgan fingerprint density at radius 2 is 1.76 bits per heavy atom. The van der Waals surface area contributed by atoms with E-state index in [0.717, 1.165) is 28.5 Å². The fourth-order valence-corrected chi connectivity index (χ4v) is 2.80. The Hall–Kier alpha value is -2.19. The van der Waals surface area contributed by atoms with Crippen molar-refractivity contribution < 1.29 is 0 Å². The second kappa shape index (κ2) is 5.30. The van der Waals surface area contributed by atoms with Crippen molar-refractivity contribution in [3.05, 3.63) is 77.5 Å².